The van der Waals surface area contributed by atoms with E-state index in [-0.39, 0.29) is 30.7 Å². The van der Waals surface area contributed by atoms with Crippen molar-refractivity contribution in [3.8, 4) is 0 Å². The quantitative estimate of drug-likeness (QED) is 0.813. The van der Waals surface area contributed by atoms with E-state index >= 15 is 0 Å². The highest BCUT2D eigenvalue weighted by Crippen LogP contribution is 2.25. The van der Waals surface area contributed by atoms with Crippen LogP contribution in [0, 0.1) is 6.92 Å². The zero-order valence-electron chi connectivity index (χ0n) is 15.9. The lowest BCUT2D eigenvalue weighted by Crippen LogP contribution is -2.32. The molecule has 6 heteroatoms. The van der Waals surface area contributed by atoms with E-state index in [1.165, 1.54) is 12.8 Å². The summed E-state index contributed by atoms with van der Waals surface area (Å²) in [6, 6.07) is 13.0. The van der Waals surface area contributed by atoms with E-state index in [1.54, 1.807) is 12.1 Å². The van der Waals surface area contributed by atoms with E-state index in [9.17, 15) is 14.4 Å². The van der Waals surface area contributed by atoms with Crippen LogP contribution < -0.4 is 10.2 Å². The second-order valence-electron chi connectivity index (χ2n) is 7.35. The van der Waals surface area contributed by atoms with Crippen LogP contribution in [0.25, 0.3) is 0 Å². The number of imide groups is 1. The Bertz CT molecular complexity index is 948. The molecule has 0 atom stereocenters. The van der Waals surface area contributed by atoms with Crippen LogP contribution in [-0.2, 0) is 4.79 Å². The summed E-state index contributed by atoms with van der Waals surface area (Å²) in [4.78, 5) is 40.8. The first-order valence-corrected chi connectivity index (χ1v) is 9.64. The minimum atomic E-state index is -0.330. The number of benzene rings is 2. The van der Waals surface area contributed by atoms with Gasteiger partial charge in [-0.05, 0) is 50.1 Å². The normalized spacial score (nSPS) is 15.9. The number of rotatable bonds is 5. The largest absolute Gasteiger partial charge is 0.371 e. The molecule has 28 heavy (non-hydrogen) atoms. The van der Waals surface area contributed by atoms with E-state index < -0.39 is 0 Å². The van der Waals surface area contributed by atoms with Gasteiger partial charge in [-0.25, -0.2) is 0 Å². The summed E-state index contributed by atoms with van der Waals surface area (Å²) in [6.07, 6.45) is 2.45. The summed E-state index contributed by atoms with van der Waals surface area (Å²) in [5.74, 6) is -0.873. The molecule has 0 bridgehead atoms. The zero-order chi connectivity index (χ0) is 19.7. The van der Waals surface area contributed by atoms with Gasteiger partial charge in [0.1, 0.15) is 0 Å². The van der Waals surface area contributed by atoms with Crippen molar-refractivity contribution in [3.05, 3.63) is 59.2 Å². The molecule has 0 aliphatic carbocycles. The van der Waals surface area contributed by atoms with E-state index in [2.05, 4.69) is 10.2 Å². The number of aryl methyl sites for hydroxylation is 1. The average molecular weight is 377 g/mol. The van der Waals surface area contributed by atoms with Crippen LogP contribution in [0.1, 0.15) is 45.5 Å². The molecule has 4 rings (SSSR count). The Kier molecular flexibility index (Phi) is 4.86. The van der Waals surface area contributed by atoms with Gasteiger partial charge < -0.3 is 10.2 Å². The maximum atomic E-state index is 12.5. The molecule has 0 radical (unpaired) electrons. The highest BCUT2D eigenvalue weighted by atomic mass is 16.2. The molecule has 0 saturated carbocycles. The van der Waals surface area contributed by atoms with Crippen molar-refractivity contribution in [1.29, 1.82) is 0 Å². The van der Waals surface area contributed by atoms with E-state index in [0.717, 1.165) is 34.9 Å². The third-order valence-corrected chi connectivity index (χ3v) is 5.29. The van der Waals surface area contributed by atoms with Gasteiger partial charge in [0.05, 0.1) is 11.1 Å². The van der Waals surface area contributed by atoms with Crippen LogP contribution in [0.2, 0.25) is 0 Å². The van der Waals surface area contributed by atoms with Gasteiger partial charge in [0, 0.05) is 37.4 Å². The van der Waals surface area contributed by atoms with E-state index in [0.29, 0.717) is 11.1 Å². The number of nitrogens with one attached hydrogen (secondary N) is 1. The monoisotopic (exact) mass is 377 g/mol. The van der Waals surface area contributed by atoms with Crippen molar-refractivity contribution in [2.45, 2.75) is 26.2 Å². The number of carbonyl (C=O) groups is 3. The highest BCUT2D eigenvalue weighted by Gasteiger charge is 2.35. The van der Waals surface area contributed by atoms with Crippen LogP contribution in [0.4, 0.5) is 11.4 Å². The number of anilines is 2. The van der Waals surface area contributed by atoms with Gasteiger partial charge in [0.15, 0.2) is 0 Å². The first kappa shape index (κ1) is 18.2. The average Bonchev–Trinajstić information content (AvgIpc) is 3.29. The fraction of sp³-hybridized carbons (Fsp3) is 0.318. The number of fused-ring (bicyclic) bond motifs is 1. The molecule has 2 aromatic carbocycles. The Labute approximate surface area is 164 Å². The number of hydrogen-bond acceptors (Lipinski definition) is 4. The van der Waals surface area contributed by atoms with Gasteiger partial charge in [-0.2, -0.15) is 0 Å². The number of amides is 3. The van der Waals surface area contributed by atoms with Crippen LogP contribution in [-0.4, -0.2) is 42.3 Å². The standard InChI is InChI=1S/C22H23N3O3/c1-15-7-8-18-19(13-15)22(28)25(21(18)27)12-9-20(26)23-16-5-4-6-17(14-16)24-10-2-3-11-24/h4-8,13-14H,2-3,9-12H2,1H3,(H,23,26). The predicted octanol–water partition coefficient (Wildman–Crippen LogP) is 3.22. The zero-order valence-corrected chi connectivity index (χ0v) is 15.9. The lowest BCUT2D eigenvalue weighted by molar-refractivity contribution is -0.116. The Morgan fingerprint density at radius 1 is 1.00 bits per heavy atom. The molecule has 0 spiro atoms. The topological polar surface area (TPSA) is 69.7 Å². The summed E-state index contributed by atoms with van der Waals surface area (Å²) in [5.41, 5.74) is 3.59. The number of hydrogen-bond donors (Lipinski definition) is 1. The van der Waals surface area contributed by atoms with Crippen molar-refractivity contribution in [3.63, 3.8) is 0 Å². The molecule has 6 nitrogen and oxygen atoms in total. The fourth-order valence-electron chi connectivity index (χ4n) is 3.80. The summed E-state index contributed by atoms with van der Waals surface area (Å²) in [7, 11) is 0. The molecular weight excluding hydrogens is 354 g/mol. The second kappa shape index (κ2) is 7.46. The van der Waals surface area contributed by atoms with Gasteiger partial charge >= 0.3 is 0 Å². The summed E-state index contributed by atoms with van der Waals surface area (Å²) < 4.78 is 0. The SMILES string of the molecule is Cc1ccc2c(c1)C(=O)N(CCC(=O)Nc1cccc(N3CCCC3)c1)C2=O. The second-order valence-corrected chi connectivity index (χ2v) is 7.35. The molecule has 1 N–H and O–H groups in total. The van der Waals surface area contributed by atoms with Gasteiger partial charge in [-0.1, -0.05) is 17.7 Å². The van der Waals surface area contributed by atoms with E-state index in [1.807, 2.05) is 37.3 Å². The first-order valence-electron chi connectivity index (χ1n) is 9.64. The summed E-state index contributed by atoms with van der Waals surface area (Å²) in [5, 5.41) is 2.87. The van der Waals surface area contributed by atoms with Gasteiger partial charge in [0.2, 0.25) is 5.91 Å². The maximum absolute atomic E-state index is 12.5. The van der Waals surface area contributed by atoms with Crippen LogP contribution in [0.3, 0.4) is 0 Å². The van der Waals surface area contributed by atoms with Gasteiger partial charge in [-0.3, -0.25) is 19.3 Å². The molecule has 1 fully saturated rings. The van der Waals surface area contributed by atoms with Crippen molar-refractivity contribution < 1.29 is 14.4 Å². The lowest BCUT2D eigenvalue weighted by Gasteiger charge is -2.18. The third-order valence-electron chi connectivity index (χ3n) is 5.29. The van der Waals surface area contributed by atoms with Crippen molar-refractivity contribution >= 4 is 29.1 Å². The van der Waals surface area contributed by atoms with Crippen molar-refractivity contribution in [2.24, 2.45) is 0 Å². The smallest absolute Gasteiger partial charge is 0.261 e. The summed E-state index contributed by atoms with van der Waals surface area (Å²) >= 11 is 0. The first-order chi connectivity index (χ1) is 13.5. The molecule has 3 amide bonds. The van der Waals surface area contributed by atoms with Crippen LogP contribution >= 0.6 is 0 Å². The third kappa shape index (κ3) is 3.50. The molecule has 2 aliphatic rings. The predicted molar refractivity (Wildman–Crippen MR) is 108 cm³/mol. The number of nitrogens with zero attached hydrogens (tertiary/aromatic N) is 2. The maximum Gasteiger partial charge on any atom is 0.261 e. The highest BCUT2D eigenvalue weighted by molar-refractivity contribution is 6.21. The summed E-state index contributed by atoms with van der Waals surface area (Å²) in [6.45, 7) is 4.03. The Balaban J connectivity index is 1.37. The van der Waals surface area contributed by atoms with Crippen LogP contribution in [0.15, 0.2) is 42.5 Å². The molecule has 0 unspecified atom stereocenters. The molecule has 2 heterocycles. The molecule has 0 aromatic heterocycles. The van der Waals surface area contributed by atoms with Crippen molar-refractivity contribution in [2.75, 3.05) is 29.9 Å². The fourth-order valence-corrected chi connectivity index (χ4v) is 3.80. The molecule has 2 aliphatic heterocycles. The number of carbonyl (C=O) groups excluding carboxylic acids is 3. The van der Waals surface area contributed by atoms with E-state index in [4.69, 9.17) is 0 Å². The minimum Gasteiger partial charge on any atom is -0.371 e. The van der Waals surface area contributed by atoms with Crippen LogP contribution in [0.5, 0.6) is 0 Å². The molecule has 1 saturated heterocycles. The molecular formula is C22H23N3O3. The molecule has 2 aromatic rings. The Hall–Kier alpha value is -3.15. The van der Waals surface area contributed by atoms with Crippen molar-refractivity contribution in [1.82, 2.24) is 4.90 Å². The lowest BCUT2D eigenvalue weighted by atomic mass is 10.1. The van der Waals surface area contributed by atoms with Gasteiger partial charge in [0.25, 0.3) is 11.8 Å². The Morgan fingerprint density at radius 3 is 2.54 bits per heavy atom. The van der Waals surface area contributed by atoms with Gasteiger partial charge in [-0.15, -0.1) is 0 Å². The Morgan fingerprint density at radius 2 is 1.75 bits per heavy atom. The molecule has 144 valence electrons. The minimum absolute atomic E-state index is 0.0678.